The third-order valence-corrected chi connectivity index (χ3v) is 9.92. The summed E-state index contributed by atoms with van der Waals surface area (Å²) in [5, 5.41) is 7.75. The number of rotatable bonds is 10. The van der Waals surface area contributed by atoms with Gasteiger partial charge in [0.15, 0.2) is 0 Å². The number of H-pyrrole nitrogens is 1. The highest BCUT2D eigenvalue weighted by Gasteiger charge is 2.32. The van der Waals surface area contributed by atoms with Gasteiger partial charge in [-0.15, -0.1) is 11.8 Å². The lowest BCUT2D eigenvalue weighted by atomic mass is 9.81. The maximum atomic E-state index is 13.9. The predicted molar refractivity (Wildman–Crippen MR) is 163 cm³/mol. The molecule has 3 aliphatic rings. The van der Waals surface area contributed by atoms with Crippen molar-refractivity contribution in [3.8, 4) is 5.75 Å². The number of hydrogen-bond donors (Lipinski definition) is 3. The molecule has 2 aromatic heterocycles. The molecule has 0 bridgehead atoms. The molecule has 1 saturated heterocycles. The highest BCUT2D eigenvalue weighted by atomic mass is 32.2. The molecule has 1 aliphatic heterocycles. The molecular formula is C32H42N4O4S. The topological polar surface area (TPSA) is 97.4 Å². The Kier molecular flexibility index (Phi) is 8.21. The van der Waals surface area contributed by atoms with Gasteiger partial charge in [0.2, 0.25) is 0 Å². The van der Waals surface area contributed by atoms with E-state index in [-0.39, 0.29) is 30.2 Å². The number of carbonyl (C=O) groups is 1. The van der Waals surface area contributed by atoms with Crippen molar-refractivity contribution in [1.82, 2.24) is 20.2 Å². The molecule has 0 radical (unpaired) electrons. The standard InChI is InChI=1S/C32H42N4O4S/c1-18-13-29(41-4)27(31(37)34-18)15-33-32(38)30-20(3)36(28-12-11-25(14-26(28)30)40-24-9-10-24)19(2)21-5-7-22(8-6-21)35-23-16-39-17-23/h11-14,19,21-24,35H,5-10,15-17H2,1-4H3,(H,33,38)(H,34,37)/t19-,21?,22?/m1/s1. The Hall–Kier alpha value is -2.75. The van der Waals surface area contributed by atoms with E-state index < -0.39 is 0 Å². The molecule has 3 aromatic rings. The molecule has 6 rings (SSSR count). The summed E-state index contributed by atoms with van der Waals surface area (Å²) < 4.78 is 13.8. The normalized spacial score (nSPS) is 22.0. The minimum absolute atomic E-state index is 0.155. The summed E-state index contributed by atoms with van der Waals surface area (Å²) in [7, 11) is 0. The Morgan fingerprint density at radius 3 is 2.54 bits per heavy atom. The fourth-order valence-electron chi connectivity index (χ4n) is 6.62. The molecule has 41 heavy (non-hydrogen) atoms. The molecule has 3 N–H and O–H groups in total. The lowest BCUT2D eigenvalue weighted by Crippen LogP contribution is -2.51. The van der Waals surface area contributed by atoms with E-state index in [1.165, 1.54) is 24.6 Å². The first-order chi connectivity index (χ1) is 19.8. The zero-order valence-corrected chi connectivity index (χ0v) is 25.4. The fourth-order valence-corrected chi connectivity index (χ4v) is 7.33. The van der Waals surface area contributed by atoms with Gasteiger partial charge in [0.05, 0.1) is 30.9 Å². The molecule has 0 unspecified atom stereocenters. The number of aromatic nitrogens is 2. The van der Waals surface area contributed by atoms with Crippen molar-refractivity contribution in [2.75, 3.05) is 19.5 Å². The lowest BCUT2D eigenvalue weighted by molar-refractivity contribution is -0.0130. The number of aryl methyl sites for hydroxylation is 1. The minimum Gasteiger partial charge on any atom is -0.490 e. The van der Waals surface area contributed by atoms with E-state index >= 15 is 0 Å². The highest BCUT2D eigenvalue weighted by molar-refractivity contribution is 7.98. The van der Waals surface area contributed by atoms with Crippen LogP contribution < -0.4 is 20.9 Å². The molecule has 1 amide bonds. The SMILES string of the molecule is CSc1cc(C)[nH]c(=O)c1CNC(=O)c1c(C)n([C@H](C)C2CCC(NC3COC3)CC2)c2ccc(OC3CC3)cc12. The summed E-state index contributed by atoms with van der Waals surface area (Å²) in [6.45, 7) is 8.07. The van der Waals surface area contributed by atoms with Crippen molar-refractivity contribution in [2.45, 2.75) is 95.0 Å². The first-order valence-corrected chi connectivity index (χ1v) is 16.2. The lowest BCUT2D eigenvalue weighted by Gasteiger charge is -2.37. The molecular weight excluding hydrogens is 536 g/mol. The Bertz CT molecular complexity index is 1480. The summed E-state index contributed by atoms with van der Waals surface area (Å²) >= 11 is 1.52. The predicted octanol–water partition coefficient (Wildman–Crippen LogP) is 5.25. The van der Waals surface area contributed by atoms with Crippen molar-refractivity contribution >= 4 is 28.6 Å². The molecule has 8 nitrogen and oxygen atoms in total. The Labute approximate surface area is 245 Å². The van der Waals surface area contributed by atoms with Gasteiger partial charge in [-0.3, -0.25) is 9.59 Å². The van der Waals surface area contributed by atoms with Crippen LogP contribution in [0.3, 0.4) is 0 Å². The first-order valence-electron chi connectivity index (χ1n) is 15.0. The maximum Gasteiger partial charge on any atom is 0.254 e. The molecule has 3 fully saturated rings. The second-order valence-corrected chi connectivity index (χ2v) is 12.9. The van der Waals surface area contributed by atoms with E-state index in [2.05, 4.69) is 40.1 Å². The Balaban J connectivity index is 1.27. The van der Waals surface area contributed by atoms with Crippen molar-refractivity contribution in [3.05, 3.63) is 57.1 Å². The minimum atomic E-state index is -0.162. The molecule has 1 aromatic carbocycles. The third kappa shape index (κ3) is 5.94. The number of hydrogen-bond acceptors (Lipinski definition) is 6. The summed E-state index contributed by atoms with van der Waals surface area (Å²) in [6.07, 6.45) is 9.03. The van der Waals surface area contributed by atoms with E-state index in [9.17, 15) is 9.59 Å². The van der Waals surface area contributed by atoms with Crippen molar-refractivity contribution in [3.63, 3.8) is 0 Å². The second kappa shape index (κ2) is 11.9. The number of pyridine rings is 1. The van der Waals surface area contributed by atoms with Crippen molar-refractivity contribution in [2.24, 2.45) is 5.92 Å². The monoisotopic (exact) mass is 578 g/mol. The third-order valence-electron chi connectivity index (χ3n) is 9.12. The van der Waals surface area contributed by atoms with Crippen LogP contribution in [0.4, 0.5) is 0 Å². The van der Waals surface area contributed by atoms with Crippen LogP contribution >= 0.6 is 11.8 Å². The highest BCUT2D eigenvalue weighted by Crippen LogP contribution is 2.39. The average Bonchev–Trinajstić information content (AvgIpc) is 3.70. The summed E-state index contributed by atoms with van der Waals surface area (Å²) in [6, 6.07) is 9.49. The maximum absolute atomic E-state index is 13.9. The molecule has 2 saturated carbocycles. The van der Waals surface area contributed by atoms with Crippen LogP contribution in [0.15, 0.2) is 34.0 Å². The number of nitrogens with zero attached hydrogens (tertiary/aromatic N) is 1. The molecule has 220 valence electrons. The van der Waals surface area contributed by atoms with Gasteiger partial charge >= 0.3 is 0 Å². The number of fused-ring (bicyclic) bond motifs is 1. The van der Waals surface area contributed by atoms with Gasteiger partial charge in [0.25, 0.3) is 11.5 Å². The number of nitrogens with one attached hydrogen (secondary N) is 3. The molecule has 9 heteroatoms. The number of thioether (sulfide) groups is 1. The van der Waals surface area contributed by atoms with E-state index in [1.807, 2.05) is 31.4 Å². The van der Waals surface area contributed by atoms with Gasteiger partial charge in [-0.05, 0) is 95.7 Å². The van der Waals surface area contributed by atoms with E-state index in [0.29, 0.717) is 29.1 Å². The van der Waals surface area contributed by atoms with Gasteiger partial charge in [-0.1, -0.05) is 0 Å². The average molecular weight is 579 g/mol. The van der Waals surface area contributed by atoms with Crippen LogP contribution in [0, 0.1) is 19.8 Å². The van der Waals surface area contributed by atoms with E-state index in [0.717, 1.165) is 71.8 Å². The summed E-state index contributed by atoms with van der Waals surface area (Å²) in [5.41, 5.74) is 3.94. The molecule has 3 heterocycles. The number of carbonyl (C=O) groups excluding carboxylic acids is 1. The van der Waals surface area contributed by atoms with Crippen LogP contribution in [0.1, 0.15) is 78.8 Å². The zero-order chi connectivity index (χ0) is 28.7. The fraction of sp³-hybridized carbons (Fsp3) is 0.562. The quantitative estimate of drug-likeness (QED) is 0.285. The van der Waals surface area contributed by atoms with Crippen LogP contribution in [0.25, 0.3) is 10.9 Å². The smallest absolute Gasteiger partial charge is 0.254 e. The van der Waals surface area contributed by atoms with E-state index in [1.54, 1.807) is 0 Å². The van der Waals surface area contributed by atoms with Gasteiger partial charge in [0.1, 0.15) is 5.75 Å². The van der Waals surface area contributed by atoms with Crippen molar-refractivity contribution in [1.29, 1.82) is 0 Å². The number of amides is 1. The second-order valence-electron chi connectivity index (χ2n) is 12.1. The van der Waals surface area contributed by atoms with Gasteiger partial charge in [-0.2, -0.15) is 0 Å². The number of ether oxygens (including phenoxy) is 2. The number of benzene rings is 1. The summed E-state index contributed by atoms with van der Waals surface area (Å²) in [4.78, 5) is 30.3. The van der Waals surface area contributed by atoms with Gasteiger partial charge in [0, 0.05) is 51.4 Å². The van der Waals surface area contributed by atoms with Crippen LogP contribution in [0.2, 0.25) is 0 Å². The first kappa shape index (κ1) is 28.4. The van der Waals surface area contributed by atoms with Gasteiger partial charge < -0.3 is 29.7 Å². The number of aromatic amines is 1. The van der Waals surface area contributed by atoms with Crippen LogP contribution in [-0.4, -0.2) is 53.1 Å². The zero-order valence-electron chi connectivity index (χ0n) is 24.5. The summed E-state index contributed by atoms with van der Waals surface area (Å²) in [5.74, 6) is 1.18. The Morgan fingerprint density at radius 2 is 1.88 bits per heavy atom. The van der Waals surface area contributed by atoms with Crippen molar-refractivity contribution < 1.29 is 14.3 Å². The van der Waals surface area contributed by atoms with E-state index in [4.69, 9.17) is 9.47 Å². The Morgan fingerprint density at radius 1 is 1.12 bits per heavy atom. The van der Waals surface area contributed by atoms with Crippen LogP contribution in [0.5, 0.6) is 5.75 Å². The molecule has 2 aliphatic carbocycles. The van der Waals surface area contributed by atoms with Crippen LogP contribution in [-0.2, 0) is 11.3 Å². The van der Waals surface area contributed by atoms with Gasteiger partial charge in [-0.25, -0.2) is 0 Å². The largest absolute Gasteiger partial charge is 0.490 e. The molecule has 0 spiro atoms. The molecule has 1 atom stereocenters.